The van der Waals surface area contributed by atoms with Crippen molar-refractivity contribution < 1.29 is 9.53 Å². The van der Waals surface area contributed by atoms with E-state index in [2.05, 4.69) is 32.4 Å². The average molecular weight is 488 g/mol. The number of rotatable bonds is 7. The fourth-order valence-electron chi connectivity index (χ4n) is 4.62. The molecular formula is C30H25N5O2. The summed E-state index contributed by atoms with van der Waals surface area (Å²) in [6, 6.07) is 21.4. The minimum Gasteiger partial charge on any atom is -0.490 e. The van der Waals surface area contributed by atoms with E-state index in [1.165, 1.54) is 10.9 Å². The van der Waals surface area contributed by atoms with Gasteiger partial charge in [0, 0.05) is 52.3 Å². The number of hydrogen-bond donors (Lipinski definition) is 3. The van der Waals surface area contributed by atoms with Gasteiger partial charge >= 0.3 is 0 Å². The molecule has 1 aliphatic heterocycles. The monoisotopic (exact) mass is 487 g/mol. The Hall–Kier alpha value is -4.75. The van der Waals surface area contributed by atoms with Crippen molar-refractivity contribution in [3.63, 3.8) is 0 Å². The van der Waals surface area contributed by atoms with Crippen molar-refractivity contribution in [2.24, 2.45) is 5.73 Å². The van der Waals surface area contributed by atoms with E-state index in [0.29, 0.717) is 24.4 Å². The van der Waals surface area contributed by atoms with Gasteiger partial charge in [0.1, 0.15) is 12.4 Å². The van der Waals surface area contributed by atoms with Crippen LogP contribution in [-0.2, 0) is 11.2 Å². The van der Waals surface area contributed by atoms with E-state index in [9.17, 15) is 4.79 Å². The van der Waals surface area contributed by atoms with Gasteiger partial charge in [-0.3, -0.25) is 14.8 Å². The zero-order chi connectivity index (χ0) is 25.2. The smallest absolute Gasteiger partial charge is 0.256 e. The van der Waals surface area contributed by atoms with Crippen molar-refractivity contribution in [1.82, 2.24) is 15.0 Å². The van der Waals surface area contributed by atoms with Crippen LogP contribution in [-0.4, -0.2) is 33.5 Å². The minimum atomic E-state index is -0.167. The number of carbonyl (C=O) groups is 1. The number of nitrogens with two attached hydrogens (primary N) is 1. The van der Waals surface area contributed by atoms with Gasteiger partial charge < -0.3 is 20.8 Å². The summed E-state index contributed by atoms with van der Waals surface area (Å²) in [7, 11) is 0. The number of nitrogens with zero attached hydrogens (tertiary/aromatic N) is 2. The summed E-state index contributed by atoms with van der Waals surface area (Å²) in [4.78, 5) is 24.6. The molecule has 182 valence electrons. The van der Waals surface area contributed by atoms with Gasteiger partial charge in [-0.1, -0.05) is 30.3 Å². The Morgan fingerprint density at radius 3 is 2.78 bits per heavy atom. The van der Waals surface area contributed by atoms with Crippen molar-refractivity contribution in [2.75, 3.05) is 11.9 Å². The fourth-order valence-corrected chi connectivity index (χ4v) is 4.62. The molecule has 1 unspecified atom stereocenters. The van der Waals surface area contributed by atoms with Gasteiger partial charge in [-0.15, -0.1) is 0 Å². The van der Waals surface area contributed by atoms with Crippen LogP contribution in [0.15, 0.2) is 91.5 Å². The summed E-state index contributed by atoms with van der Waals surface area (Å²) >= 11 is 0. The summed E-state index contributed by atoms with van der Waals surface area (Å²) in [6.45, 7) is 0.365. The zero-order valence-corrected chi connectivity index (χ0v) is 20.0. The number of hydrogen-bond acceptors (Lipinski definition) is 5. The predicted octanol–water partition coefficient (Wildman–Crippen LogP) is 5.07. The second kappa shape index (κ2) is 9.72. The Labute approximate surface area is 214 Å². The molecule has 7 heteroatoms. The molecule has 3 aromatic heterocycles. The highest BCUT2D eigenvalue weighted by Crippen LogP contribution is 2.36. The highest BCUT2D eigenvalue weighted by atomic mass is 16.5. The lowest BCUT2D eigenvalue weighted by molar-refractivity contribution is -0.110. The number of nitrogens with one attached hydrogen (secondary N) is 2. The lowest BCUT2D eigenvalue weighted by atomic mass is 9.99. The van der Waals surface area contributed by atoms with Gasteiger partial charge in [0.05, 0.1) is 17.5 Å². The maximum absolute atomic E-state index is 12.6. The van der Waals surface area contributed by atoms with Crippen molar-refractivity contribution in [3.8, 4) is 16.9 Å². The maximum atomic E-state index is 12.6. The SMILES string of the molecule is NC(COc1cncc(-c2ccc3c(c2)C(=Cc2ccccn2)C(=O)N3)c1)Cc1c[nH]c2ccccc12. The molecule has 7 nitrogen and oxygen atoms in total. The van der Waals surface area contributed by atoms with Gasteiger partial charge in [0.15, 0.2) is 0 Å². The molecule has 1 amide bonds. The second-order valence-corrected chi connectivity index (χ2v) is 9.07. The lowest BCUT2D eigenvalue weighted by Gasteiger charge is -2.13. The van der Waals surface area contributed by atoms with Crippen molar-refractivity contribution in [1.29, 1.82) is 0 Å². The number of anilines is 1. The third-order valence-corrected chi connectivity index (χ3v) is 6.45. The Balaban J connectivity index is 1.18. The van der Waals surface area contributed by atoms with E-state index >= 15 is 0 Å². The summed E-state index contributed by atoms with van der Waals surface area (Å²) in [5, 5.41) is 4.11. The molecule has 0 aliphatic carbocycles. The van der Waals surface area contributed by atoms with Crippen LogP contribution in [0, 0.1) is 0 Å². The molecule has 0 fully saturated rings. The first-order valence-corrected chi connectivity index (χ1v) is 12.1. The number of ether oxygens (including phenoxy) is 1. The number of fused-ring (bicyclic) bond motifs is 2. The van der Waals surface area contributed by atoms with E-state index in [1.807, 2.05) is 60.8 Å². The number of aromatic nitrogens is 3. The lowest BCUT2D eigenvalue weighted by Crippen LogP contribution is -2.30. The number of benzene rings is 2. The molecule has 4 heterocycles. The van der Waals surface area contributed by atoms with Gasteiger partial charge in [-0.2, -0.15) is 0 Å². The highest BCUT2D eigenvalue weighted by molar-refractivity contribution is 6.35. The quantitative estimate of drug-likeness (QED) is 0.278. The molecule has 0 spiro atoms. The van der Waals surface area contributed by atoms with Crippen LogP contribution in [0.25, 0.3) is 33.7 Å². The van der Waals surface area contributed by atoms with Crippen molar-refractivity contribution >= 4 is 34.1 Å². The third kappa shape index (κ3) is 4.72. The predicted molar refractivity (Wildman–Crippen MR) is 146 cm³/mol. The molecular weight excluding hydrogens is 462 g/mol. The van der Waals surface area contributed by atoms with Crippen LogP contribution in [0.5, 0.6) is 5.75 Å². The van der Waals surface area contributed by atoms with E-state index in [0.717, 1.165) is 33.6 Å². The molecule has 4 N–H and O–H groups in total. The topological polar surface area (TPSA) is 106 Å². The second-order valence-electron chi connectivity index (χ2n) is 9.07. The average Bonchev–Trinajstić information content (AvgIpc) is 3.48. The van der Waals surface area contributed by atoms with E-state index in [4.69, 9.17) is 10.5 Å². The first-order valence-electron chi connectivity index (χ1n) is 12.1. The Bertz CT molecular complexity index is 1620. The number of carbonyl (C=O) groups excluding carboxylic acids is 1. The molecule has 6 rings (SSSR count). The Kier molecular flexibility index (Phi) is 5.96. The van der Waals surface area contributed by atoms with E-state index < -0.39 is 0 Å². The molecule has 37 heavy (non-hydrogen) atoms. The Morgan fingerprint density at radius 1 is 1.00 bits per heavy atom. The molecule has 5 aromatic rings. The molecule has 0 radical (unpaired) electrons. The number of aromatic amines is 1. The van der Waals surface area contributed by atoms with E-state index in [1.54, 1.807) is 24.7 Å². The molecule has 0 bridgehead atoms. The van der Waals surface area contributed by atoms with Crippen molar-refractivity contribution in [2.45, 2.75) is 12.5 Å². The normalized spacial score (nSPS) is 14.5. The molecule has 0 saturated carbocycles. The first kappa shape index (κ1) is 22.7. The first-order chi connectivity index (χ1) is 18.1. The van der Waals surface area contributed by atoms with Gasteiger partial charge in [0.2, 0.25) is 0 Å². The Morgan fingerprint density at radius 2 is 1.89 bits per heavy atom. The molecule has 1 atom stereocenters. The minimum absolute atomic E-state index is 0.141. The van der Waals surface area contributed by atoms with Gasteiger partial charge in [0.25, 0.3) is 5.91 Å². The van der Waals surface area contributed by atoms with E-state index in [-0.39, 0.29) is 11.9 Å². The van der Waals surface area contributed by atoms with Crippen LogP contribution in [0.3, 0.4) is 0 Å². The number of pyridine rings is 2. The largest absolute Gasteiger partial charge is 0.490 e. The molecule has 1 aliphatic rings. The van der Waals surface area contributed by atoms with Crippen LogP contribution in [0.4, 0.5) is 5.69 Å². The molecule has 2 aromatic carbocycles. The standard InChI is InChI=1S/C30H25N5O2/c31-22(11-21-16-34-28-7-2-1-6-25(21)28)18-37-24-12-20(15-32-17-24)19-8-9-29-26(13-19)27(30(36)35-29)14-23-5-3-4-10-33-23/h1-10,12-17,22,34H,11,18,31H2,(H,35,36). The van der Waals surface area contributed by atoms with Crippen LogP contribution >= 0.6 is 0 Å². The number of para-hydroxylation sites is 1. The fraction of sp³-hybridized carbons (Fsp3) is 0.100. The third-order valence-electron chi connectivity index (χ3n) is 6.45. The highest BCUT2D eigenvalue weighted by Gasteiger charge is 2.24. The van der Waals surface area contributed by atoms with Gasteiger partial charge in [-0.25, -0.2) is 0 Å². The zero-order valence-electron chi connectivity index (χ0n) is 20.0. The van der Waals surface area contributed by atoms with Crippen LogP contribution in [0.2, 0.25) is 0 Å². The number of H-pyrrole nitrogens is 1. The maximum Gasteiger partial charge on any atom is 0.256 e. The van der Waals surface area contributed by atoms with Gasteiger partial charge in [-0.05, 0) is 60.0 Å². The summed E-state index contributed by atoms with van der Waals surface area (Å²) in [5.41, 5.74) is 13.4. The molecule has 0 saturated heterocycles. The van der Waals surface area contributed by atoms with Crippen LogP contribution < -0.4 is 15.8 Å². The van der Waals surface area contributed by atoms with Crippen molar-refractivity contribution in [3.05, 3.63) is 108 Å². The summed E-state index contributed by atoms with van der Waals surface area (Å²) < 4.78 is 6.02. The van der Waals surface area contributed by atoms with Crippen LogP contribution in [0.1, 0.15) is 16.8 Å². The summed E-state index contributed by atoms with van der Waals surface area (Å²) in [5.74, 6) is 0.503. The number of amides is 1. The summed E-state index contributed by atoms with van der Waals surface area (Å²) in [6.07, 6.45) is 9.70.